The Balaban J connectivity index is 2.14. The first-order valence-electron chi connectivity index (χ1n) is 7.14. The normalized spacial score (nSPS) is 21.9. The van der Waals surface area contributed by atoms with E-state index in [1.807, 2.05) is 20.8 Å². The second kappa shape index (κ2) is 6.13. The van der Waals surface area contributed by atoms with Crippen molar-refractivity contribution in [3.63, 3.8) is 0 Å². The third-order valence-corrected chi connectivity index (χ3v) is 7.20. The molecule has 0 spiro atoms. The van der Waals surface area contributed by atoms with E-state index >= 15 is 0 Å². The zero-order chi connectivity index (χ0) is 14.9. The van der Waals surface area contributed by atoms with Gasteiger partial charge in [0.1, 0.15) is 0 Å². The fraction of sp³-hybridized carbons (Fsp3) is 0.714. The second-order valence-electron chi connectivity index (χ2n) is 5.75. The van der Waals surface area contributed by atoms with Gasteiger partial charge in [0.2, 0.25) is 10.0 Å². The van der Waals surface area contributed by atoms with Crippen LogP contribution in [0.4, 0.5) is 0 Å². The first-order valence-corrected chi connectivity index (χ1v) is 9.52. The summed E-state index contributed by atoms with van der Waals surface area (Å²) < 4.78 is 27.1. The van der Waals surface area contributed by atoms with E-state index in [1.165, 1.54) is 10.4 Å². The van der Waals surface area contributed by atoms with E-state index in [9.17, 15) is 8.42 Å². The molecule has 6 heteroatoms. The van der Waals surface area contributed by atoms with E-state index in [2.05, 4.69) is 16.8 Å². The van der Waals surface area contributed by atoms with Gasteiger partial charge >= 0.3 is 0 Å². The van der Waals surface area contributed by atoms with Crippen LogP contribution in [0, 0.1) is 0 Å². The van der Waals surface area contributed by atoms with Crippen molar-refractivity contribution in [1.29, 1.82) is 0 Å². The lowest BCUT2D eigenvalue weighted by atomic mass is 10.0. The van der Waals surface area contributed by atoms with Gasteiger partial charge < -0.3 is 5.32 Å². The molecular formula is C14H24N2O2S2. The summed E-state index contributed by atoms with van der Waals surface area (Å²) in [7, 11) is -3.25. The van der Waals surface area contributed by atoms with Crippen LogP contribution in [-0.4, -0.2) is 37.1 Å². The van der Waals surface area contributed by atoms with Gasteiger partial charge in [0.15, 0.2) is 0 Å². The third kappa shape index (κ3) is 3.08. The molecule has 1 aromatic rings. The van der Waals surface area contributed by atoms with Gasteiger partial charge in [-0.3, -0.25) is 0 Å². The summed E-state index contributed by atoms with van der Waals surface area (Å²) >= 11 is 1.73. The molecule has 0 bridgehead atoms. The van der Waals surface area contributed by atoms with Crippen molar-refractivity contribution in [3.05, 3.63) is 21.9 Å². The van der Waals surface area contributed by atoms with Crippen molar-refractivity contribution in [2.45, 2.75) is 51.4 Å². The minimum atomic E-state index is -3.25. The summed E-state index contributed by atoms with van der Waals surface area (Å²) in [6, 6.07) is 2.31. The highest BCUT2D eigenvalue weighted by molar-refractivity contribution is 7.89. The number of sulfonamides is 1. The molecule has 0 amide bonds. The molecule has 0 aromatic carbocycles. The average Bonchev–Trinajstić information content (AvgIpc) is 2.85. The standard InChI is InChI=1S/C14H24N2O2S2/c1-10(2)15-9-11(3)20(17,18)16-7-5-14-13(12(16)4)6-8-19-14/h6,8,10-12,15H,5,7,9H2,1-4H3. The summed E-state index contributed by atoms with van der Waals surface area (Å²) in [5.74, 6) is 0. The highest BCUT2D eigenvalue weighted by Crippen LogP contribution is 2.35. The van der Waals surface area contributed by atoms with Crippen LogP contribution in [0.15, 0.2) is 11.4 Å². The number of thiophene rings is 1. The Hall–Kier alpha value is -0.430. The Morgan fingerprint density at radius 2 is 2.15 bits per heavy atom. The van der Waals surface area contributed by atoms with Crippen LogP contribution in [0.5, 0.6) is 0 Å². The minimum Gasteiger partial charge on any atom is -0.313 e. The van der Waals surface area contributed by atoms with Crippen LogP contribution in [0.3, 0.4) is 0 Å². The number of nitrogens with one attached hydrogen (secondary N) is 1. The quantitative estimate of drug-likeness (QED) is 0.907. The van der Waals surface area contributed by atoms with Gasteiger partial charge in [-0.1, -0.05) is 13.8 Å². The van der Waals surface area contributed by atoms with Gasteiger partial charge in [-0.2, -0.15) is 4.31 Å². The smallest absolute Gasteiger partial charge is 0.218 e. The van der Waals surface area contributed by atoms with Crippen molar-refractivity contribution in [2.75, 3.05) is 13.1 Å². The molecule has 1 N–H and O–H groups in total. The Bertz CT molecular complexity index is 551. The zero-order valence-corrected chi connectivity index (χ0v) is 14.2. The Morgan fingerprint density at radius 1 is 1.45 bits per heavy atom. The number of nitrogens with zero attached hydrogens (tertiary/aromatic N) is 1. The highest BCUT2D eigenvalue weighted by atomic mass is 32.2. The Kier molecular flexibility index (Phi) is 4.89. The Labute approximate surface area is 126 Å². The molecule has 2 unspecified atom stereocenters. The van der Waals surface area contributed by atoms with Crippen LogP contribution in [0.2, 0.25) is 0 Å². The zero-order valence-electron chi connectivity index (χ0n) is 12.6. The highest BCUT2D eigenvalue weighted by Gasteiger charge is 2.36. The molecule has 2 heterocycles. The number of rotatable bonds is 5. The molecule has 2 rings (SSSR count). The van der Waals surface area contributed by atoms with E-state index in [0.29, 0.717) is 19.1 Å². The molecule has 20 heavy (non-hydrogen) atoms. The van der Waals surface area contributed by atoms with Crippen LogP contribution < -0.4 is 5.32 Å². The van der Waals surface area contributed by atoms with Gasteiger partial charge in [0, 0.05) is 30.1 Å². The summed E-state index contributed by atoms with van der Waals surface area (Å²) in [6.07, 6.45) is 0.834. The summed E-state index contributed by atoms with van der Waals surface area (Å²) in [6.45, 7) is 8.94. The first kappa shape index (κ1) is 15.9. The average molecular weight is 316 g/mol. The molecule has 1 aromatic heterocycles. The largest absolute Gasteiger partial charge is 0.313 e. The van der Waals surface area contributed by atoms with E-state index in [-0.39, 0.29) is 6.04 Å². The molecule has 0 fully saturated rings. The van der Waals surface area contributed by atoms with Crippen LogP contribution in [-0.2, 0) is 16.4 Å². The maximum Gasteiger partial charge on any atom is 0.218 e. The SMILES string of the molecule is CC(C)NCC(C)S(=O)(=O)N1CCc2sccc2C1C. The Morgan fingerprint density at radius 3 is 2.80 bits per heavy atom. The van der Waals surface area contributed by atoms with Crippen molar-refractivity contribution >= 4 is 21.4 Å². The van der Waals surface area contributed by atoms with Gasteiger partial charge in [-0.05, 0) is 37.3 Å². The topological polar surface area (TPSA) is 49.4 Å². The predicted octanol–water partition coefficient (Wildman–Crippen LogP) is 2.38. The maximum absolute atomic E-state index is 12.7. The van der Waals surface area contributed by atoms with Gasteiger partial charge in [-0.15, -0.1) is 11.3 Å². The molecule has 4 nitrogen and oxygen atoms in total. The molecule has 0 saturated heterocycles. The molecule has 0 aliphatic carbocycles. The molecule has 0 radical (unpaired) electrons. The molecule has 114 valence electrons. The van der Waals surface area contributed by atoms with Crippen LogP contribution >= 0.6 is 11.3 Å². The van der Waals surface area contributed by atoms with Gasteiger partial charge in [-0.25, -0.2) is 8.42 Å². The first-order chi connectivity index (χ1) is 9.34. The summed E-state index contributed by atoms with van der Waals surface area (Å²) in [5, 5.41) is 4.88. The lowest BCUT2D eigenvalue weighted by molar-refractivity contribution is 0.324. The lowest BCUT2D eigenvalue weighted by Gasteiger charge is -2.34. The summed E-state index contributed by atoms with van der Waals surface area (Å²) in [4.78, 5) is 1.33. The second-order valence-corrected chi connectivity index (χ2v) is 9.06. The van der Waals surface area contributed by atoms with Crippen molar-refractivity contribution in [2.24, 2.45) is 0 Å². The van der Waals surface area contributed by atoms with E-state index in [1.54, 1.807) is 22.6 Å². The fourth-order valence-corrected chi connectivity index (χ4v) is 5.20. The molecule has 1 aliphatic rings. The monoisotopic (exact) mass is 316 g/mol. The number of fused-ring (bicyclic) bond motifs is 1. The minimum absolute atomic E-state index is 0.0449. The molecule has 2 atom stereocenters. The fourth-order valence-electron chi connectivity index (χ4n) is 2.57. The van der Waals surface area contributed by atoms with E-state index < -0.39 is 15.3 Å². The van der Waals surface area contributed by atoms with Crippen LogP contribution in [0.1, 0.15) is 44.2 Å². The van der Waals surface area contributed by atoms with Gasteiger partial charge in [0.25, 0.3) is 0 Å². The molecule has 0 saturated carbocycles. The van der Waals surface area contributed by atoms with Crippen molar-refractivity contribution < 1.29 is 8.42 Å². The molecule has 1 aliphatic heterocycles. The maximum atomic E-state index is 12.7. The number of hydrogen-bond donors (Lipinski definition) is 1. The van der Waals surface area contributed by atoms with Crippen LogP contribution in [0.25, 0.3) is 0 Å². The van der Waals surface area contributed by atoms with Crippen molar-refractivity contribution in [3.8, 4) is 0 Å². The van der Waals surface area contributed by atoms with Crippen molar-refractivity contribution in [1.82, 2.24) is 9.62 Å². The lowest BCUT2D eigenvalue weighted by Crippen LogP contribution is -2.46. The van der Waals surface area contributed by atoms with Gasteiger partial charge in [0.05, 0.1) is 5.25 Å². The summed E-state index contributed by atoms with van der Waals surface area (Å²) in [5.41, 5.74) is 1.17. The third-order valence-electron chi connectivity index (χ3n) is 3.87. The molecular weight excluding hydrogens is 292 g/mol. The number of hydrogen-bond acceptors (Lipinski definition) is 4. The van der Waals surface area contributed by atoms with E-state index in [4.69, 9.17) is 0 Å². The predicted molar refractivity (Wildman–Crippen MR) is 84.7 cm³/mol. The van der Waals surface area contributed by atoms with E-state index in [0.717, 1.165) is 6.42 Å².